The molecule has 7 heteroatoms. The number of amides is 1. The number of benzene rings is 2. The molecule has 0 bridgehead atoms. The summed E-state index contributed by atoms with van der Waals surface area (Å²) in [5.74, 6) is 0.928. The van der Waals surface area contributed by atoms with Gasteiger partial charge < -0.3 is 19.3 Å². The van der Waals surface area contributed by atoms with Crippen molar-refractivity contribution in [1.82, 2.24) is 9.80 Å². The molecule has 0 N–H and O–H groups in total. The van der Waals surface area contributed by atoms with Crippen molar-refractivity contribution in [1.29, 1.82) is 0 Å². The SMILES string of the molecule is CC(=O)Oc1cccc(C23CCN(CC4CC4)CC2C(OC(C)=O)CC(N(C)C(=O)CCCCCc2ccccc2)C3)c1. The molecule has 1 heterocycles. The number of likely N-dealkylation sites (tertiary alicyclic amines) is 1. The minimum atomic E-state index is -0.348. The van der Waals surface area contributed by atoms with Gasteiger partial charge in [0.05, 0.1) is 0 Å². The highest BCUT2D eigenvalue weighted by Gasteiger charge is 2.54. The number of esters is 2. The van der Waals surface area contributed by atoms with Crippen LogP contribution in [0.25, 0.3) is 0 Å². The lowest BCUT2D eigenvalue weighted by atomic mass is 9.56. The molecule has 4 atom stereocenters. The second kappa shape index (κ2) is 14.1. The fourth-order valence-electron chi connectivity index (χ4n) is 7.54. The second-order valence-corrected chi connectivity index (χ2v) is 13.1. The van der Waals surface area contributed by atoms with Gasteiger partial charge in [0, 0.05) is 64.2 Å². The van der Waals surface area contributed by atoms with Gasteiger partial charge in [0.1, 0.15) is 11.9 Å². The Kier molecular flexibility index (Phi) is 10.2. The Balaban J connectivity index is 1.33. The van der Waals surface area contributed by atoms with Crippen molar-refractivity contribution in [3.8, 4) is 5.75 Å². The standard InChI is InChI=1S/C36H48N2O5/c1-26(39)42-32-15-10-14-30(21-32)36-19-20-38(24-29-17-18-29)25-33(36)34(43-27(2)40)22-31(23-36)37(3)35(41)16-9-5-8-13-28-11-6-4-7-12-28/h4,6-7,10-12,14-15,21,29,31,33-34H,5,8-9,13,16-20,22-25H2,1-3H3. The third-order valence-electron chi connectivity index (χ3n) is 9.93. The second-order valence-electron chi connectivity index (χ2n) is 13.1. The zero-order valence-electron chi connectivity index (χ0n) is 26.1. The molecule has 3 fully saturated rings. The average molecular weight is 589 g/mol. The molecule has 7 nitrogen and oxygen atoms in total. The number of ether oxygens (including phenoxy) is 2. The van der Waals surface area contributed by atoms with Crippen LogP contribution in [0.4, 0.5) is 0 Å². The third kappa shape index (κ3) is 8.05. The van der Waals surface area contributed by atoms with Crippen molar-refractivity contribution < 1.29 is 23.9 Å². The smallest absolute Gasteiger partial charge is 0.308 e. The maximum atomic E-state index is 13.5. The molecule has 3 aliphatic rings. The molecule has 232 valence electrons. The Bertz CT molecular complexity index is 1260. The zero-order chi connectivity index (χ0) is 30.4. The van der Waals surface area contributed by atoms with Crippen molar-refractivity contribution >= 4 is 17.8 Å². The van der Waals surface area contributed by atoms with Gasteiger partial charge in [-0.25, -0.2) is 0 Å². The van der Waals surface area contributed by atoms with E-state index >= 15 is 0 Å². The highest BCUT2D eigenvalue weighted by atomic mass is 16.5. The van der Waals surface area contributed by atoms with Crippen LogP contribution in [0.2, 0.25) is 0 Å². The van der Waals surface area contributed by atoms with Crippen LogP contribution in [-0.4, -0.2) is 66.5 Å². The first-order chi connectivity index (χ1) is 20.7. The summed E-state index contributed by atoms with van der Waals surface area (Å²) >= 11 is 0. The number of unbranched alkanes of at least 4 members (excludes halogenated alkanes) is 2. The topological polar surface area (TPSA) is 76.2 Å². The molecular weight excluding hydrogens is 540 g/mol. The normalized spacial score (nSPS) is 25.4. The molecule has 1 aliphatic heterocycles. The summed E-state index contributed by atoms with van der Waals surface area (Å²) in [7, 11) is 1.92. The first kappa shape index (κ1) is 31.2. The lowest BCUT2D eigenvalue weighted by molar-refractivity contribution is -0.160. The fraction of sp³-hybridized carbons (Fsp3) is 0.583. The van der Waals surface area contributed by atoms with E-state index in [1.807, 2.05) is 36.2 Å². The van der Waals surface area contributed by atoms with Crippen LogP contribution in [0.15, 0.2) is 54.6 Å². The molecule has 2 aromatic carbocycles. The number of fused-ring (bicyclic) bond motifs is 1. The van der Waals surface area contributed by atoms with Gasteiger partial charge in [0.15, 0.2) is 0 Å². The molecule has 2 aliphatic carbocycles. The highest BCUT2D eigenvalue weighted by Crippen LogP contribution is 2.52. The summed E-state index contributed by atoms with van der Waals surface area (Å²) in [6, 6.07) is 18.3. The van der Waals surface area contributed by atoms with Gasteiger partial charge in [-0.2, -0.15) is 0 Å². The van der Waals surface area contributed by atoms with Crippen molar-refractivity contribution in [2.24, 2.45) is 11.8 Å². The predicted molar refractivity (Wildman–Crippen MR) is 167 cm³/mol. The largest absolute Gasteiger partial charge is 0.462 e. The number of hydrogen-bond acceptors (Lipinski definition) is 6. The summed E-state index contributed by atoms with van der Waals surface area (Å²) < 4.78 is 11.6. The van der Waals surface area contributed by atoms with E-state index in [4.69, 9.17) is 9.47 Å². The van der Waals surface area contributed by atoms with Crippen molar-refractivity contribution in [3.05, 3.63) is 65.7 Å². The Morgan fingerprint density at radius 1 is 0.977 bits per heavy atom. The number of nitrogens with zero attached hydrogens (tertiary/aromatic N) is 2. The Morgan fingerprint density at radius 2 is 1.77 bits per heavy atom. The van der Waals surface area contributed by atoms with E-state index in [0.29, 0.717) is 18.6 Å². The molecule has 0 radical (unpaired) electrons. The minimum Gasteiger partial charge on any atom is -0.462 e. The Morgan fingerprint density at radius 3 is 2.49 bits per heavy atom. The summed E-state index contributed by atoms with van der Waals surface area (Å²) in [4.78, 5) is 42.2. The Labute approximate surface area is 256 Å². The van der Waals surface area contributed by atoms with Crippen LogP contribution in [0, 0.1) is 11.8 Å². The minimum absolute atomic E-state index is 0.0511. The lowest BCUT2D eigenvalue weighted by Crippen LogP contribution is -2.62. The van der Waals surface area contributed by atoms with Crippen LogP contribution in [-0.2, 0) is 31.0 Å². The number of piperidine rings is 1. The van der Waals surface area contributed by atoms with Crippen LogP contribution < -0.4 is 4.74 Å². The van der Waals surface area contributed by atoms with E-state index in [9.17, 15) is 14.4 Å². The average Bonchev–Trinajstić information content (AvgIpc) is 3.81. The van der Waals surface area contributed by atoms with Gasteiger partial charge in [-0.3, -0.25) is 14.4 Å². The van der Waals surface area contributed by atoms with E-state index < -0.39 is 0 Å². The van der Waals surface area contributed by atoms with E-state index in [0.717, 1.165) is 69.6 Å². The van der Waals surface area contributed by atoms with E-state index in [-0.39, 0.29) is 41.3 Å². The van der Waals surface area contributed by atoms with Crippen LogP contribution in [0.1, 0.15) is 82.8 Å². The number of hydrogen-bond donors (Lipinski definition) is 0. The molecule has 2 aromatic rings. The number of rotatable bonds is 12. The number of carbonyl (C=O) groups is 3. The summed E-state index contributed by atoms with van der Waals surface area (Å²) in [5.41, 5.74) is 2.14. The van der Waals surface area contributed by atoms with Crippen molar-refractivity contribution in [2.45, 2.75) is 95.6 Å². The summed E-state index contributed by atoms with van der Waals surface area (Å²) in [5, 5.41) is 0. The first-order valence-electron chi connectivity index (χ1n) is 16.2. The lowest BCUT2D eigenvalue weighted by Gasteiger charge is -2.56. The maximum Gasteiger partial charge on any atom is 0.308 e. The van der Waals surface area contributed by atoms with Crippen molar-refractivity contribution in [3.63, 3.8) is 0 Å². The van der Waals surface area contributed by atoms with Gasteiger partial charge in [0.25, 0.3) is 0 Å². The molecule has 1 amide bonds. The quantitative estimate of drug-likeness (QED) is 0.174. The van der Waals surface area contributed by atoms with Crippen LogP contribution in [0.3, 0.4) is 0 Å². The van der Waals surface area contributed by atoms with Gasteiger partial charge in [-0.05, 0) is 80.7 Å². The first-order valence-corrected chi connectivity index (χ1v) is 16.2. The van der Waals surface area contributed by atoms with Crippen LogP contribution >= 0.6 is 0 Å². The summed E-state index contributed by atoms with van der Waals surface area (Å²) in [6.07, 6.45) is 9.15. The molecule has 5 rings (SSSR count). The predicted octanol–water partition coefficient (Wildman–Crippen LogP) is 5.94. The molecule has 0 aromatic heterocycles. The van der Waals surface area contributed by atoms with E-state index in [1.165, 1.54) is 32.3 Å². The van der Waals surface area contributed by atoms with Crippen molar-refractivity contribution in [2.75, 3.05) is 26.7 Å². The van der Waals surface area contributed by atoms with Gasteiger partial charge >= 0.3 is 11.9 Å². The maximum absolute atomic E-state index is 13.5. The molecule has 2 saturated carbocycles. The number of aryl methyl sites for hydroxylation is 1. The highest BCUT2D eigenvalue weighted by molar-refractivity contribution is 5.76. The summed E-state index contributed by atoms with van der Waals surface area (Å²) in [6.45, 7) is 5.82. The van der Waals surface area contributed by atoms with Crippen LogP contribution in [0.5, 0.6) is 5.75 Å². The zero-order valence-corrected chi connectivity index (χ0v) is 26.1. The fourth-order valence-corrected chi connectivity index (χ4v) is 7.54. The molecule has 4 unspecified atom stereocenters. The van der Waals surface area contributed by atoms with Gasteiger partial charge in [-0.15, -0.1) is 0 Å². The van der Waals surface area contributed by atoms with Gasteiger partial charge in [0.2, 0.25) is 5.91 Å². The van der Waals surface area contributed by atoms with E-state index in [1.54, 1.807) is 0 Å². The molecule has 43 heavy (non-hydrogen) atoms. The Hall–Kier alpha value is -3.19. The molecule has 1 saturated heterocycles. The van der Waals surface area contributed by atoms with Gasteiger partial charge in [-0.1, -0.05) is 48.9 Å². The molecule has 0 spiro atoms. The third-order valence-corrected chi connectivity index (χ3v) is 9.93. The monoisotopic (exact) mass is 588 g/mol. The number of carbonyl (C=O) groups excluding carboxylic acids is 3. The molecular formula is C36H48N2O5. The van der Waals surface area contributed by atoms with E-state index in [2.05, 4.69) is 35.2 Å².